The molecule has 2 atom stereocenters. The summed E-state index contributed by atoms with van der Waals surface area (Å²) in [5.74, 6) is 0.353. The van der Waals surface area contributed by atoms with Crippen molar-refractivity contribution in [2.24, 2.45) is 4.99 Å². The van der Waals surface area contributed by atoms with Crippen LogP contribution in [0, 0.1) is 5.82 Å². The molecule has 6 nitrogen and oxygen atoms in total. The van der Waals surface area contributed by atoms with Crippen molar-refractivity contribution in [3.8, 4) is 5.75 Å². The molecule has 160 valence electrons. The molecule has 31 heavy (non-hydrogen) atoms. The summed E-state index contributed by atoms with van der Waals surface area (Å²) < 4.78 is 25.5. The lowest BCUT2D eigenvalue weighted by Gasteiger charge is -2.26. The number of hydrogen-bond acceptors (Lipinski definition) is 7. The van der Waals surface area contributed by atoms with E-state index in [0.717, 1.165) is 43.4 Å². The highest BCUT2D eigenvalue weighted by molar-refractivity contribution is 8.09. The molecule has 8 heteroatoms. The SMILES string of the molecule is Nc1ccc(OC2=CC=NC3C=C(c4ccc(CN5CCOCC5)cn4)SC23)c(F)c1. The van der Waals surface area contributed by atoms with Gasteiger partial charge in [-0.3, -0.25) is 14.9 Å². The first-order valence-electron chi connectivity index (χ1n) is 10.3. The van der Waals surface area contributed by atoms with E-state index in [0.29, 0.717) is 11.4 Å². The molecule has 2 N–H and O–H groups in total. The van der Waals surface area contributed by atoms with E-state index >= 15 is 0 Å². The lowest BCUT2D eigenvalue weighted by Crippen LogP contribution is -2.35. The van der Waals surface area contributed by atoms with Crippen LogP contribution >= 0.6 is 11.8 Å². The minimum Gasteiger partial charge on any atom is -0.457 e. The second kappa shape index (κ2) is 8.82. The van der Waals surface area contributed by atoms with E-state index in [1.807, 2.05) is 6.20 Å². The number of nitrogens with zero attached hydrogens (tertiary/aromatic N) is 3. The van der Waals surface area contributed by atoms with Gasteiger partial charge < -0.3 is 15.2 Å². The maximum atomic E-state index is 14.2. The van der Waals surface area contributed by atoms with E-state index in [2.05, 4.69) is 33.1 Å². The fourth-order valence-electron chi connectivity index (χ4n) is 3.79. The molecule has 1 aromatic heterocycles. The van der Waals surface area contributed by atoms with Gasteiger partial charge >= 0.3 is 0 Å². The zero-order valence-corrected chi connectivity index (χ0v) is 17.7. The number of benzene rings is 1. The van der Waals surface area contributed by atoms with Crippen LogP contribution in [0.4, 0.5) is 10.1 Å². The normalized spacial score (nSPS) is 23.3. The van der Waals surface area contributed by atoms with Gasteiger partial charge in [-0.25, -0.2) is 4.39 Å². The molecule has 0 bridgehead atoms. The molecule has 0 amide bonds. The van der Waals surface area contributed by atoms with Gasteiger partial charge in [-0.2, -0.15) is 0 Å². The van der Waals surface area contributed by atoms with Gasteiger partial charge in [-0.1, -0.05) is 6.07 Å². The Labute approximate surface area is 184 Å². The molecule has 1 saturated heterocycles. The van der Waals surface area contributed by atoms with Crippen molar-refractivity contribution in [1.29, 1.82) is 0 Å². The fourth-order valence-corrected chi connectivity index (χ4v) is 5.06. The van der Waals surface area contributed by atoms with Crippen molar-refractivity contribution in [1.82, 2.24) is 9.88 Å². The highest BCUT2D eigenvalue weighted by Gasteiger charge is 2.35. The van der Waals surface area contributed by atoms with Crippen LogP contribution in [-0.2, 0) is 11.3 Å². The summed E-state index contributed by atoms with van der Waals surface area (Å²) in [6.07, 6.45) is 7.55. The zero-order valence-electron chi connectivity index (χ0n) is 16.9. The Morgan fingerprint density at radius 2 is 2.10 bits per heavy atom. The topological polar surface area (TPSA) is 73.0 Å². The van der Waals surface area contributed by atoms with Crippen molar-refractivity contribution in [3.05, 3.63) is 71.5 Å². The summed E-state index contributed by atoms with van der Waals surface area (Å²) in [6.45, 7) is 4.36. The van der Waals surface area contributed by atoms with Crippen LogP contribution in [-0.4, -0.2) is 53.7 Å². The highest BCUT2D eigenvalue weighted by atomic mass is 32.2. The van der Waals surface area contributed by atoms with Gasteiger partial charge in [0, 0.05) is 48.7 Å². The number of fused-ring (bicyclic) bond motifs is 1. The number of ether oxygens (including phenoxy) is 2. The Balaban J connectivity index is 1.27. The molecule has 1 fully saturated rings. The van der Waals surface area contributed by atoms with Gasteiger partial charge in [0.15, 0.2) is 11.6 Å². The number of dihydropyridines is 1. The predicted molar refractivity (Wildman–Crippen MR) is 121 cm³/mol. The lowest BCUT2D eigenvalue weighted by atomic mass is 10.1. The third-order valence-corrected chi connectivity index (χ3v) is 6.80. The Kier molecular flexibility index (Phi) is 5.76. The van der Waals surface area contributed by atoms with Crippen LogP contribution in [0.3, 0.4) is 0 Å². The number of allylic oxidation sites excluding steroid dienone is 1. The van der Waals surface area contributed by atoms with Crippen LogP contribution in [0.5, 0.6) is 5.75 Å². The molecule has 0 saturated carbocycles. The molecule has 0 spiro atoms. The Morgan fingerprint density at radius 1 is 1.23 bits per heavy atom. The van der Waals surface area contributed by atoms with Crippen LogP contribution in [0.2, 0.25) is 0 Å². The quantitative estimate of drug-likeness (QED) is 0.721. The van der Waals surface area contributed by atoms with Crippen LogP contribution < -0.4 is 10.5 Å². The van der Waals surface area contributed by atoms with E-state index in [1.54, 1.807) is 36.2 Å². The number of morpholine rings is 1. The Bertz CT molecular complexity index is 1050. The summed E-state index contributed by atoms with van der Waals surface area (Å²) in [7, 11) is 0. The molecule has 4 heterocycles. The average molecular weight is 439 g/mol. The molecule has 0 radical (unpaired) electrons. The second-order valence-corrected chi connectivity index (χ2v) is 8.84. The minimum absolute atomic E-state index is 0.0493. The number of nitrogen functional groups attached to an aromatic ring is 1. The van der Waals surface area contributed by atoms with Gasteiger partial charge in [0.05, 0.1) is 30.2 Å². The van der Waals surface area contributed by atoms with Crippen molar-refractivity contribution >= 4 is 28.6 Å². The number of anilines is 1. The van der Waals surface area contributed by atoms with Gasteiger partial charge in [0.1, 0.15) is 5.76 Å². The first-order valence-corrected chi connectivity index (χ1v) is 11.1. The number of rotatable bonds is 5. The molecule has 3 aliphatic heterocycles. The first-order chi connectivity index (χ1) is 15.2. The highest BCUT2D eigenvalue weighted by Crippen LogP contribution is 2.44. The number of nitrogens with two attached hydrogens (primary N) is 1. The third-order valence-electron chi connectivity index (χ3n) is 5.43. The van der Waals surface area contributed by atoms with Gasteiger partial charge in [0.2, 0.25) is 0 Å². The van der Waals surface area contributed by atoms with Gasteiger partial charge in [-0.15, -0.1) is 11.8 Å². The first kappa shape index (κ1) is 20.2. The summed E-state index contributed by atoms with van der Waals surface area (Å²) in [5.41, 5.74) is 8.10. The molecule has 3 aliphatic rings. The van der Waals surface area contributed by atoms with E-state index in [1.165, 1.54) is 11.6 Å². The number of thioether (sulfide) groups is 1. The van der Waals surface area contributed by atoms with Crippen molar-refractivity contribution < 1.29 is 13.9 Å². The monoisotopic (exact) mass is 438 g/mol. The predicted octanol–water partition coefficient (Wildman–Crippen LogP) is 3.51. The van der Waals surface area contributed by atoms with Gasteiger partial charge in [-0.05, 0) is 35.9 Å². The summed E-state index contributed by atoms with van der Waals surface area (Å²) in [5, 5.41) is -0.0493. The van der Waals surface area contributed by atoms with E-state index in [9.17, 15) is 4.39 Å². The molecule has 0 aliphatic carbocycles. The molecule has 5 rings (SSSR count). The average Bonchev–Trinajstić information content (AvgIpc) is 3.22. The Morgan fingerprint density at radius 3 is 2.87 bits per heavy atom. The fraction of sp³-hybridized carbons (Fsp3) is 0.304. The minimum atomic E-state index is -0.478. The smallest absolute Gasteiger partial charge is 0.167 e. The molecule has 2 aromatic rings. The summed E-state index contributed by atoms with van der Waals surface area (Å²) >= 11 is 1.64. The second-order valence-electron chi connectivity index (χ2n) is 7.66. The maximum absolute atomic E-state index is 14.2. The molecular formula is C23H23FN4O2S. The Hall–Kier alpha value is -2.68. The van der Waals surface area contributed by atoms with Crippen LogP contribution in [0.15, 0.2) is 59.4 Å². The lowest BCUT2D eigenvalue weighted by molar-refractivity contribution is 0.0341. The summed E-state index contributed by atoms with van der Waals surface area (Å²) in [4.78, 5) is 12.7. The molecule has 1 aromatic carbocycles. The number of aliphatic imine (C=N–C) groups is 1. The standard InChI is InChI=1S/C23H23FN4O2S/c24-17-11-16(25)2-4-20(17)30-21-5-6-26-19-12-22(31-23(19)21)18-3-1-15(13-27-18)14-28-7-9-29-10-8-28/h1-6,11-13,19,23H,7-10,14,25H2. The number of halogens is 1. The molecular weight excluding hydrogens is 415 g/mol. The van der Waals surface area contributed by atoms with Crippen molar-refractivity contribution in [2.75, 3.05) is 32.0 Å². The van der Waals surface area contributed by atoms with Crippen LogP contribution in [0.1, 0.15) is 11.3 Å². The van der Waals surface area contributed by atoms with E-state index in [4.69, 9.17) is 15.2 Å². The van der Waals surface area contributed by atoms with Crippen molar-refractivity contribution in [2.45, 2.75) is 17.8 Å². The third kappa shape index (κ3) is 4.51. The van der Waals surface area contributed by atoms with E-state index in [-0.39, 0.29) is 17.0 Å². The van der Waals surface area contributed by atoms with Gasteiger partial charge in [0.25, 0.3) is 0 Å². The largest absolute Gasteiger partial charge is 0.457 e. The number of pyridine rings is 1. The van der Waals surface area contributed by atoms with E-state index < -0.39 is 5.82 Å². The molecule has 2 unspecified atom stereocenters. The van der Waals surface area contributed by atoms with Crippen LogP contribution in [0.25, 0.3) is 4.91 Å². The van der Waals surface area contributed by atoms with Crippen molar-refractivity contribution in [3.63, 3.8) is 0 Å². The number of hydrogen-bond donors (Lipinski definition) is 1. The number of aromatic nitrogens is 1. The summed E-state index contributed by atoms with van der Waals surface area (Å²) in [6, 6.07) is 8.56. The zero-order chi connectivity index (χ0) is 21.2. The maximum Gasteiger partial charge on any atom is 0.167 e.